The van der Waals surface area contributed by atoms with Crippen LogP contribution in [0.25, 0.3) is 0 Å². The van der Waals surface area contributed by atoms with E-state index in [1.807, 2.05) is 30.3 Å². The molecule has 3 rings (SSSR count). The fourth-order valence-corrected chi connectivity index (χ4v) is 3.31. The van der Waals surface area contributed by atoms with Crippen molar-refractivity contribution in [3.63, 3.8) is 0 Å². The van der Waals surface area contributed by atoms with Gasteiger partial charge >= 0.3 is 0 Å². The third-order valence-corrected chi connectivity index (χ3v) is 4.48. The van der Waals surface area contributed by atoms with Crippen molar-refractivity contribution in [1.29, 1.82) is 0 Å². The minimum Gasteiger partial charge on any atom is -0.399 e. The zero-order chi connectivity index (χ0) is 14.8. The Hall–Kier alpha value is -2.27. The molecule has 2 aromatic carbocycles. The van der Waals surface area contributed by atoms with E-state index in [2.05, 4.69) is 0 Å². The van der Waals surface area contributed by atoms with Gasteiger partial charge in [-0.1, -0.05) is 18.2 Å². The van der Waals surface area contributed by atoms with Crippen LogP contribution in [0.3, 0.4) is 0 Å². The van der Waals surface area contributed by atoms with Crippen molar-refractivity contribution in [2.75, 3.05) is 10.6 Å². The lowest BCUT2D eigenvalue weighted by Gasteiger charge is -2.14. The third kappa shape index (κ3) is 2.78. The van der Waals surface area contributed by atoms with Crippen molar-refractivity contribution in [2.45, 2.75) is 16.6 Å². The van der Waals surface area contributed by atoms with Crippen LogP contribution in [0.15, 0.2) is 59.5 Å². The molecule has 0 aromatic heterocycles. The monoisotopic (exact) mass is 298 g/mol. The molecule has 106 valence electrons. The maximum Gasteiger partial charge on any atom is 0.247 e. The molecule has 0 radical (unpaired) electrons. The van der Waals surface area contributed by atoms with Gasteiger partial charge < -0.3 is 5.73 Å². The van der Waals surface area contributed by atoms with Crippen LogP contribution in [0, 0.1) is 0 Å². The maximum absolute atomic E-state index is 12.4. The first-order valence-corrected chi connectivity index (χ1v) is 7.47. The molecule has 0 spiro atoms. The molecular formula is C16H14N2O2S. The zero-order valence-corrected chi connectivity index (χ0v) is 12.0. The quantitative estimate of drug-likeness (QED) is 0.699. The van der Waals surface area contributed by atoms with Gasteiger partial charge in [0.1, 0.15) is 0 Å². The largest absolute Gasteiger partial charge is 0.399 e. The molecule has 2 aromatic rings. The molecule has 2 amide bonds. The summed E-state index contributed by atoms with van der Waals surface area (Å²) < 4.78 is 0. The summed E-state index contributed by atoms with van der Waals surface area (Å²) in [6.45, 7) is 0. The molecule has 1 unspecified atom stereocenters. The maximum atomic E-state index is 12.4. The normalized spacial score (nSPS) is 18.3. The van der Waals surface area contributed by atoms with Crippen LogP contribution >= 0.6 is 11.8 Å². The average Bonchev–Trinajstić information content (AvgIpc) is 2.77. The van der Waals surface area contributed by atoms with E-state index in [9.17, 15) is 9.59 Å². The summed E-state index contributed by atoms with van der Waals surface area (Å²) in [7, 11) is 0. The number of rotatable bonds is 3. The number of anilines is 2. The Morgan fingerprint density at radius 3 is 2.33 bits per heavy atom. The first kappa shape index (κ1) is 13.7. The molecular weight excluding hydrogens is 284 g/mol. The van der Waals surface area contributed by atoms with E-state index < -0.39 is 0 Å². The lowest BCUT2D eigenvalue weighted by Crippen LogP contribution is -2.30. The molecule has 1 fully saturated rings. The predicted octanol–water partition coefficient (Wildman–Crippen LogP) is 2.69. The molecule has 21 heavy (non-hydrogen) atoms. The number of nitrogens with two attached hydrogens (primary N) is 1. The molecule has 1 aliphatic rings. The van der Waals surface area contributed by atoms with Crippen LogP contribution < -0.4 is 10.6 Å². The second-order valence-corrected chi connectivity index (χ2v) is 6.06. The number of benzene rings is 2. The van der Waals surface area contributed by atoms with Gasteiger partial charge in [-0.15, -0.1) is 11.8 Å². The van der Waals surface area contributed by atoms with Crippen LogP contribution in [-0.4, -0.2) is 17.1 Å². The predicted molar refractivity (Wildman–Crippen MR) is 84.1 cm³/mol. The van der Waals surface area contributed by atoms with Crippen LogP contribution in [0.2, 0.25) is 0 Å². The number of nitrogen functional groups attached to an aromatic ring is 1. The van der Waals surface area contributed by atoms with Crippen LogP contribution in [-0.2, 0) is 9.59 Å². The molecule has 0 saturated carbocycles. The van der Waals surface area contributed by atoms with Crippen molar-refractivity contribution in [2.24, 2.45) is 0 Å². The number of amides is 2. The Bertz CT molecular complexity index is 670. The van der Waals surface area contributed by atoms with E-state index >= 15 is 0 Å². The summed E-state index contributed by atoms with van der Waals surface area (Å²) in [5.41, 5.74) is 6.96. The van der Waals surface area contributed by atoms with Crippen molar-refractivity contribution in [3.8, 4) is 0 Å². The van der Waals surface area contributed by atoms with E-state index in [0.29, 0.717) is 11.4 Å². The van der Waals surface area contributed by atoms with E-state index in [1.54, 1.807) is 24.3 Å². The van der Waals surface area contributed by atoms with Gasteiger partial charge in [0.05, 0.1) is 10.9 Å². The Morgan fingerprint density at radius 2 is 1.67 bits per heavy atom. The number of hydrogen-bond acceptors (Lipinski definition) is 4. The molecule has 1 aliphatic heterocycles. The molecule has 1 atom stereocenters. The highest BCUT2D eigenvalue weighted by Crippen LogP contribution is 2.34. The fraction of sp³-hybridized carbons (Fsp3) is 0.125. The van der Waals surface area contributed by atoms with Gasteiger partial charge in [0.2, 0.25) is 11.8 Å². The van der Waals surface area contributed by atoms with Gasteiger partial charge in [0, 0.05) is 17.0 Å². The highest BCUT2D eigenvalue weighted by Gasteiger charge is 2.39. The van der Waals surface area contributed by atoms with Crippen molar-refractivity contribution in [3.05, 3.63) is 54.6 Å². The summed E-state index contributed by atoms with van der Waals surface area (Å²) in [4.78, 5) is 26.8. The van der Waals surface area contributed by atoms with Crippen LogP contribution in [0.1, 0.15) is 6.42 Å². The summed E-state index contributed by atoms with van der Waals surface area (Å²) in [5.74, 6) is -0.313. The first-order valence-electron chi connectivity index (χ1n) is 6.59. The van der Waals surface area contributed by atoms with Crippen molar-refractivity contribution >= 4 is 35.0 Å². The minimum absolute atomic E-state index is 0.154. The van der Waals surface area contributed by atoms with E-state index in [1.165, 1.54) is 16.7 Å². The van der Waals surface area contributed by atoms with Gasteiger partial charge in [-0.3, -0.25) is 9.59 Å². The second kappa shape index (κ2) is 5.61. The van der Waals surface area contributed by atoms with Crippen LogP contribution in [0.5, 0.6) is 0 Å². The standard InChI is InChI=1S/C16H14N2O2S/c17-11-6-8-13(9-7-11)21-14-10-15(19)18(16(14)20)12-4-2-1-3-5-12/h1-9,14H,10,17H2. The average molecular weight is 298 g/mol. The molecule has 2 N–H and O–H groups in total. The molecule has 4 nitrogen and oxygen atoms in total. The fourth-order valence-electron chi connectivity index (χ4n) is 2.26. The Kier molecular flexibility index (Phi) is 3.66. The Labute approximate surface area is 126 Å². The third-order valence-electron chi connectivity index (χ3n) is 3.28. The molecule has 1 heterocycles. The smallest absolute Gasteiger partial charge is 0.247 e. The SMILES string of the molecule is Nc1ccc(SC2CC(=O)N(c3ccccc3)C2=O)cc1. The second-order valence-electron chi connectivity index (χ2n) is 4.78. The highest BCUT2D eigenvalue weighted by atomic mass is 32.2. The van der Waals surface area contributed by atoms with E-state index in [-0.39, 0.29) is 23.5 Å². The Balaban J connectivity index is 1.79. The molecule has 0 bridgehead atoms. The highest BCUT2D eigenvalue weighted by molar-refractivity contribution is 8.00. The summed E-state index contributed by atoms with van der Waals surface area (Å²) in [6, 6.07) is 16.3. The first-order chi connectivity index (χ1) is 10.1. The van der Waals surface area contributed by atoms with Crippen molar-refractivity contribution in [1.82, 2.24) is 0 Å². The number of hydrogen-bond donors (Lipinski definition) is 1. The van der Waals surface area contributed by atoms with Gasteiger partial charge in [-0.25, -0.2) is 4.90 Å². The number of carbonyl (C=O) groups excluding carboxylic acids is 2. The molecule has 0 aliphatic carbocycles. The number of carbonyl (C=O) groups is 2. The lowest BCUT2D eigenvalue weighted by atomic mass is 10.3. The summed E-state index contributed by atoms with van der Waals surface area (Å²) in [6.07, 6.45) is 0.225. The van der Waals surface area contributed by atoms with Gasteiger partial charge in [-0.2, -0.15) is 0 Å². The van der Waals surface area contributed by atoms with Gasteiger partial charge in [-0.05, 0) is 36.4 Å². The molecule has 5 heteroatoms. The zero-order valence-electron chi connectivity index (χ0n) is 11.2. The Morgan fingerprint density at radius 1 is 1.00 bits per heavy atom. The number of nitrogens with zero attached hydrogens (tertiary/aromatic N) is 1. The van der Waals surface area contributed by atoms with Crippen LogP contribution in [0.4, 0.5) is 11.4 Å². The number of imide groups is 1. The topological polar surface area (TPSA) is 63.4 Å². The van der Waals surface area contributed by atoms with Gasteiger partial charge in [0.25, 0.3) is 0 Å². The number of thioether (sulfide) groups is 1. The molecule has 1 saturated heterocycles. The van der Waals surface area contributed by atoms with E-state index in [0.717, 1.165) is 4.90 Å². The van der Waals surface area contributed by atoms with E-state index in [4.69, 9.17) is 5.73 Å². The summed E-state index contributed by atoms with van der Waals surface area (Å²) >= 11 is 1.40. The van der Waals surface area contributed by atoms with Crippen molar-refractivity contribution < 1.29 is 9.59 Å². The summed E-state index contributed by atoms with van der Waals surface area (Å²) in [5, 5.41) is -0.374. The number of para-hydroxylation sites is 1. The minimum atomic E-state index is -0.374. The van der Waals surface area contributed by atoms with Gasteiger partial charge in [0.15, 0.2) is 0 Å². The lowest BCUT2D eigenvalue weighted by molar-refractivity contribution is -0.121.